The Balaban J connectivity index is 1.30. The van der Waals surface area contributed by atoms with Crippen LogP contribution in [0.25, 0.3) is 32.7 Å². The number of aliphatic hydroxyl groups is 1. The molecule has 2 aliphatic rings. The Morgan fingerprint density at radius 2 is 1.91 bits per heavy atom. The first kappa shape index (κ1) is 21.3. The Kier molecular flexibility index (Phi) is 5.47. The van der Waals surface area contributed by atoms with Crippen LogP contribution in [-0.2, 0) is 16.9 Å². The van der Waals surface area contributed by atoms with Crippen LogP contribution in [0.1, 0.15) is 29.8 Å². The molecule has 33 heavy (non-hydrogen) atoms. The summed E-state index contributed by atoms with van der Waals surface area (Å²) in [5.41, 5.74) is 4.34. The molecule has 6 nitrogen and oxygen atoms in total. The van der Waals surface area contributed by atoms with Gasteiger partial charge in [0.2, 0.25) is 0 Å². The van der Waals surface area contributed by atoms with E-state index < -0.39 is 5.60 Å². The van der Waals surface area contributed by atoms with E-state index in [-0.39, 0.29) is 0 Å². The SMILES string of the molecule is OC1(c2ncc(-c3c(Cl)cnc4[nH]c(-c5ccc(CN6CCOCC6)cc5)cc34)s2)CCC1. The highest BCUT2D eigenvalue weighted by Gasteiger charge is 2.39. The molecular formula is C25H25ClN4O2S. The second-order valence-electron chi connectivity index (χ2n) is 8.93. The molecule has 8 heteroatoms. The maximum atomic E-state index is 10.7. The number of pyridine rings is 1. The second kappa shape index (κ2) is 8.49. The van der Waals surface area contributed by atoms with Crippen molar-refractivity contribution in [2.24, 2.45) is 0 Å². The van der Waals surface area contributed by atoms with Crippen molar-refractivity contribution >= 4 is 34.0 Å². The Morgan fingerprint density at radius 3 is 2.64 bits per heavy atom. The third kappa shape index (κ3) is 3.98. The predicted molar refractivity (Wildman–Crippen MR) is 131 cm³/mol. The monoisotopic (exact) mass is 480 g/mol. The lowest BCUT2D eigenvalue weighted by Gasteiger charge is -2.34. The summed E-state index contributed by atoms with van der Waals surface area (Å²) in [4.78, 5) is 15.9. The van der Waals surface area contributed by atoms with E-state index in [0.717, 1.165) is 89.8 Å². The fraction of sp³-hybridized carbons (Fsp3) is 0.360. The number of nitrogens with zero attached hydrogens (tertiary/aromatic N) is 3. The summed E-state index contributed by atoms with van der Waals surface area (Å²) in [7, 11) is 0. The summed E-state index contributed by atoms with van der Waals surface area (Å²) in [5, 5.41) is 13.0. The zero-order chi connectivity index (χ0) is 22.4. The van der Waals surface area contributed by atoms with Crippen LogP contribution in [-0.4, -0.2) is 51.3 Å². The van der Waals surface area contributed by atoms with Gasteiger partial charge in [-0.3, -0.25) is 4.90 Å². The molecule has 3 aromatic heterocycles. The highest BCUT2D eigenvalue weighted by atomic mass is 35.5. The molecule has 1 aliphatic carbocycles. The van der Waals surface area contributed by atoms with E-state index in [0.29, 0.717) is 5.02 Å². The second-order valence-corrected chi connectivity index (χ2v) is 10.4. The third-order valence-corrected chi connectivity index (χ3v) is 8.21. The smallest absolute Gasteiger partial charge is 0.138 e. The highest BCUT2D eigenvalue weighted by Crippen LogP contribution is 2.46. The molecule has 1 aromatic carbocycles. The molecule has 170 valence electrons. The van der Waals surface area contributed by atoms with E-state index in [1.165, 1.54) is 16.9 Å². The summed E-state index contributed by atoms with van der Waals surface area (Å²) in [6.07, 6.45) is 6.09. The van der Waals surface area contributed by atoms with Crippen LogP contribution in [0.2, 0.25) is 5.02 Å². The number of nitrogens with one attached hydrogen (secondary N) is 1. The van der Waals surface area contributed by atoms with Gasteiger partial charge in [0.05, 0.1) is 23.1 Å². The summed E-state index contributed by atoms with van der Waals surface area (Å²) < 4.78 is 5.44. The van der Waals surface area contributed by atoms with E-state index in [4.69, 9.17) is 16.3 Å². The molecule has 1 aliphatic heterocycles. The standard InChI is InChI=1S/C25H25ClN4O2S/c26-19-13-27-23-18(22(19)21-14-28-24(33-21)25(31)6-1-7-25)12-20(29-23)17-4-2-16(3-5-17)15-30-8-10-32-11-9-30/h2-5,12-14,31H,1,6-11,15H2,(H,27,29). The van der Waals surface area contributed by atoms with Crippen molar-refractivity contribution in [3.63, 3.8) is 0 Å². The van der Waals surface area contributed by atoms with Gasteiger partial charge in [-0.15, -0.1) is 11.3 Å². The van der Waals surface area contributed by atoms with Crippen LogP contribution >= 0.6 is 22.9 Å². The Morgan fingerprint density at radius 1 is 1.12 bits per heavy atom. The Labute approximate surface area is 201 Å². The third-order valence-electron chi connectivity index (χ3n) is 6.72. The minimum Gasteiger partial charge on any atom is -0.383 e. The zero-order valence-electron chi connectivity index (χ0n) is 18.2. The number of fused-ring (bicyclic) bond motifs is 1. The first-order chi connectivity index (χ1) is 16.1. The molecule has 4 aromatic rings. The van der Waals surface area contributed by atoms with Crippen molar-refractivity contribution in [2.45, 2.75) is 31.4 Å². The largest absolute Gasteiger partial charge is 0.383 e. The Bertz CT molecular complexity index is 1290. The summed E-state index contributed by atoms with van der Waals surface area (Å²) >= 11 is 8.12. The predicted octanol–water partition coefficient (Wildman–Crippen LogP) is 5.21. The number of morpholine rings is 1. The van der Waals surface area contributed by atoms with Gasteiger partial charge in [-0.2, -0.15) is 0 Å². The summed E-state index contributed by atoms with van der Waals surface area (Å²) in [5.74, 6) is 0. The summed E-state index contributed by atoms with van der Waals surface area (Å²) in [6.45, 7) is 4.53. The van der Waals surface area contributed by atoms with Crippen molar-refractivity contribution in [1.29, 1.82) is 0 Å². The van der Waals surface area contributed by atoms with Gasteiger partial charge >= 0.3 is 0 Å². The highest BCUT2D eigenvalue weighted by molar-refractivity contribution is 7.15. The number of benzene rings is 1. The maximum absolute atomic E-state index is 10.7. The van der Waals surface area contributed by atoms with Gasteiger partial charge in [-0.05, 0) is 36.5 Å². The molecule has 0 unspecified atom stereocenters. The molecule has 6 rings (SSSR count). The maximum Gasteiger partial charge on any atom is 0.138 e. The van der Waals surface area contributed by atoms with Crippen molar-refractivity contribution < 1.29 is 9.84 Å². The minimum absolute atomic E-state index is 0.588. The minimum atomic E-state index is -0.770. The van der Waals surface area contributed by atoms with Gasteiger partial charge in [0.1, 0.15) is 16.3 Å². The molecule has 0 amide bonds. The van der Waals surface area contributed by atoms with Crippen molar-refractivity contribution in [1.82, 2.24) is 19.9 Å². The van der Waals surface area contributed by atoms with E-state index >= 15 is 0 Å². The van der Waals surface area contributed by atoms with Crippen molar-refractivity contribution in [3.05, 3.63) is 58.3 Å². The van der Waals surface area contributed by atoms with Crippen LogP contribution in [0.4, 0.5) is 0 Å². The number of ether oxygens (including phenoxy) is 1. The molecule has 0 spiro atoms. The van der Waals surface area contributed by atoms with Crippen LogP contribution in [0.5, 0.6) is 0 Å². The fourth-order valence-electron chi connectivity index (χ4n) is 4.59. The van der Waals surface area contributed by atoms with Crippen molar-refractivity contribution in [3.8, 4) is 21.7 Å². The van der Waals surface area contributed by atoms with E-state index in [2.05, 4.69) is 50.2 Å². The fourth-order valence-corrected chi connectivity index (χ4v) is 6.04. The van der Waals surface area contributed by atoms with Gasteiger partial charge in [0, 0.05) is 48.7 Å². The van der Waals surface area contributed by atoms with Crippen molar-refractivity contribution in [2.75, 3.05) is 26.3 Å². The number of aromatic amines is 1. The number of H-pyrrole nitrogens is 1. The number of thiazole rings is 1. The van der Waals surface area contributed by atoms with Crippen LogP contribution in [0.15, 0.2) is 42.7 Å². The van der Waals surface area contributed by atoms with Crippen LogP contribution in [0, 0.1) is 0 Å². The molecule has 0 atom stereocenters. The number of hydrogen-bond donors (Lipinski definition) is 2. The number of rotatable bonds is 5. The number of hydrogen-bond acceptors (Lipinski definition) is 6. The topological polar surface area (TPSA) is 74.3 Å². The van der Waals surface area contributed by atoms with Crippen LogP contribution in [0.3, 0.4) is 0 Å². The van der Waals surface area contributed by atoms with Gasteiger partial charge in [0.15, 0.2) is 0 Å². The lowest BCUT2D eigenvalue weighted by molar-refractivity contribution is -0.0389. The summed E-state index contributed by atoms with van der Waals surface area (Å²) in [6, 6.07) is 10.8. The molecule has 0 radical (unpaired) electrons. The molecule has 4 heterocycles. The van der Waals surface area contributed by atoms with Crippen LogP contribution < -0.4 is 0 Å². The van der Waals surface area contributed by atoms with Gasteiger partial charge in [-0.25, -0.2) is 9.97 Å². The molecule has 2 N–H and O–H groups in total. The first-order valence-electron chi connectivity index (χ1n) is 11.3. The van der Waals surface area contributed by atoms with Gasteiger partial charge in [-0.1, -0.05) is 35.9 Å². The molecular weight excluding hydrogens is 456 g/mol. The lowest BCUT2D eigenvalue weighted by atomic mass is 9.81. The van der Waals surface area contributed by atoms with E-state index in [1.807, 2.05) is 6.20 Å². The van der Waals surface area contributed by atoms with E-state index in [1.54, 1.807) is 6.20 Å². The molecule has 1 saturated carbocycles. The Hall–Kier alpha value is -2.29. The first-order valence-corrected chi connectivity index (χ1v) is 12.5. The molecule has 0 bridgehead atoms. The number of aromatic nitrogens is 3. The lowest BCUT2D eigenvalue weighted by Crippen LogP contribution is -2.35. The normalized spacial score (nSPS) is 18.5. The van der Waals surface area contributed by atoms with Gasteiger partial charge in [0.25, 0.3) is 0 Å². The average molecular weight is 481 g/mol. The molecule has 1 saturated heterocycles. The zero-order valence-corrected chi connectivity index (χ0v) is 19.8. The van der Waals surface area contributed by atoms with Gasteiger partial charge < -0.3 is 14.8 Å². The quantitative estimate of drug-likeness (QED) is 0.410. The van der Waals surface area contributed by atoms with E-state index in [9.17, 15) is 5.11 Å². The average Bonchev–Trinajstić information content (AvgIpc) is 3.46. The number of halogens is 1. The molecule has 2 fully saturated rings.